The van der Waals surface area contributed by atoms with E-state index in [1.54, 1.807) is 14.2 Å². The molecule has 4 heteroatoms. The summed E-state index contributed by atoms with van der Waals surface area (Å²) in [5, 5.41) is 0. The summed E-state index contributed by atoms with van der Waals surface area (Å²) >= 11 is 1.45. The van der Waals surface area contributed by atoms with Crippen molar-refractivity contribution in [3.8, 4) is 0 Å². The zero-order valence-corrected chi connectivity index (χ0v) is 10.7. The van der Waals surface area contributed by atoms with Crippen LogP contribution in [0, 0.1) is 0 Å². The van der Waals surface area contributed by atoms with Crippen LogP contribution in [-0.4, -0.2) is 25.9 Å². The summed E-state index contributed by atoms with van der Waals surface area (Å²) in [5.74, 6) is 1.45. The summed E-state index contributed by atoms with van der Waals surface area (Å²) in [6.45, 7) is 1.83. The van der Waals surface area contributed by atoms with Crippen LogP contribution in [0.3, 0.4) is 0 Å². The fourth-order valence-electron chi connectivity index (χ4n) is 1.20. The molecule has 0 amide bonds. The Balaban J connectivity index is 2.51. The van der Waals surface area contributed by atoms with E-state index in [1.165, 1.54) is 17.5 Å². The van der Waals surface area contributed by atoms with Gasteiger partial charge in [-0.3, -0.25) is 0 Å². The van der Waals surface area contributed by atoms with E-state index in [9.17, 15) is 0 Å². The highest BCUT2D eigenvalue weighted by Gasteiger charge is 2.09. The molecular weight excluding hydrogens is 222 g/mol. The van der Waals surface area contributed by atoms with E-state index in [1.807, 2.05) is 25.1 Å². The van der Waals surface area contributed by atoms with E-state index < -0.39 is 0 Å². The zero-order valence-electron chi connectivity index (χ0n) is 9.84. The van der Waals surface area contributed by atoms with Gasteiger partial charge in [-0.15, -0.1) is 0 Å². The van der Waals surface area contributed by atoms with Crippen molar-refractivity contribution in [1.82, 2.24) is 0 Å². The van der Waals surface area contributed by atoms with Crippen LogP contribution in [0.25, 0.3) is 0 Å². The number of benzene rings is 1. The van der Waals surface area contributed by atoms with Crippen LogP contribution in [0.5, 0.6) is 0 Å². The minimum atomic E-state index is 0.0691. The molecule has 88 valence electrons. The number of methoxy groups -OCH3 is 2. The number of hydrogen-bond donors (Lipinski definition) is 0. The molecule has 0 saturated carbocycles. The standard InChI is InChI=1S/C12H17NO2S/c1-10(14-2)13-16-9-12(15-3)11-7-5-4-6-8-11/h4-8,12H,9H2,1-3H3. The first-order chi connectivity index (χ1) is 7.77. The van der Waals surface area contributed by atoms with Crippen LogP contribution in [-0.2, 0) is 9.47 Å². The Morgan fingerprint density at radius 2 is 2.00 bits per heavy atom. The lowest BCUT2D eigenvalue weighted by molar-refractivity contribution is 0.123. The molecule has 0 aliphatic carbocycles. The first-order valence-corrected chi connectivity index (χ1v) is 6.00. The lowest BCUT2D eigenvalue weighted by atomic mass is 10.1. The first kappa shape index (κ1) is 13.1. The lowest BCUT2D eigenvalue weighted by Crippen LogP contribution is -2.04. The van der Waals surface area contributed by atoms with E-state index >= 15 is 0 Å². The van der Waals surface area contributed by atoms with Crippen molar-refractivity contribution < 1.29 is 9.47 Å². The number of nitrogens with zero attached hydrogens (tertiary/aromatic N) is 1. The predicted molar refractivity (Wildman–Crippen MR) is 68.8 cm³/mol. The van der Waals surface area contributed by atoms with Gasteiger partial charge in [-0.1, -0.05) is 30.3 Å². The lowest BCUT2D eigenvalue weighted by Gasteiger charge is -2.13. The molecule has 1 aromatic rings. The number of ether oxygens (including phenoxy) is 2. The minimum Gasteiger partial charge on any atom is -0.484 e. The molecule has 0 heterocycles. The van der Waals surface area contributed by atoms with Gasteiger partial charge in [-0.2, -0.15) is 4.40 Å². The molecule has 0 bridgehead atoms. The summed E-state index contributed by atoms with van der Waals surface area (Å²) in [7, 11) is 3.33. The van der Waals surface area contributed by atoms with Gasteiger partial charge in [0.1, 0.15) is 0 Å². The van der Waals surface area contributed by atoms with Crippen molar-refractivity contribution in [2.75, 3.05) is 20.0 Å². The Hall–Kier alpha value is -1.00. The van der Waals surface area contributed by atoms with Crippen molar-refractivity contribution >= 4 is 17.8 Å². The van der Waals surface area contributed by atoms with Gasteiger partial charge in [0.15, 0.2) is 5.90 Å². The van der Waals surface area contributed by atoms with Crippen molar-refractivity contribution in [3.05, 3.63) is 35.9 Å². The smallest absolute Gasteiger partial charge is 0.191 e. The Labute approximate surface area is 101 Å². The number of hydrogen-bond acceptors (Lipinski definition) is 4. The highest BCUT2D eigenvalue weighted by atomic mass is 32.2. The van der Waals surface area contributed by atoms with Gasteiger partial charge >= 0.3 is 0 Å². The van der Waals surface area contributed by atoms with Crippen LogP contribution in [0.2, 0.25) is 0 Å². The summed E-state index contributed by atoms with van der Waals surface area (Å²) < 4.78 is 14.6. The Morgan fingerprint density at radius 1 is 1.31 bits per heavy atom. The van der Waals surface area contributed by atoms with Crippen molar-refractivity contribution in [1.29, 1.82) is 0 Å². The summed E-state index contributed by atoms with van der Waals surface area (Å²) in [6, 6.07) is 10.1. The quantitative estimate of drug-likeness (QED) is 0.449. The van der Waals surface area contributed by atoms with E-state index in [0.29, 0.717) is 5.90 Å². The molecule has 0 spiro atoms. The van der Waals surface area contributed by atoms with Crippen molar-refractivity contribution in [2.24, 2.45) is 4.40 Å². The fourth-order valence-corrected chi connectivity index (χ4v) is 2.00. The third-order valence-corrected chi connectivity index (χ3v) is 3.01. The molecule has 16 heavy (non-hydrogen) atoms. The topological polar surface area (TPSA) is 30.8 Å². The highest BCUT2D eigenvalue weighted by molar-refractivity contribution is 7.98. The van der Waals surface area contributed by atoms with E-state index in [2.05, 4.69) is 16.5 Å². The fraction of sp³-hybridized carbons (Fsp3) is 0.417. The molecule has 0 N–H and O–H groups in total. The average Bonchev–Trinajstić information content (AvgIpc) is 2.35. The van der Waals surface area contributed by atoms with Crippen LogP contribution >= 0.6 is 11.9 Å². The van der Waals surface area contributed by atoms with Gasteiger partial charge in [0, 0.05) is 19.8 Å². The molecule has 0 aliphatic rings. The van der Waals surface area contributed by atoms with Gasteiger partial charge in [-0.05, 0) is 17.5 Å². The Kier molecular flexibility index (Phi) is 5.96. The Bertz CT molecular complexity index is 327. The maximum absolute atomic E-state index is 5.42. The van der Waals surface area contributed by atoms with Crippen LogP contribution in [0.1, 0.15) is 18.6 Å². The van der Waals surface area contributed by atoms with Gasteiger partial charge in [-0.25, -0.2) is 0 Å². The summed E-state index contributed by atoms with van der Waals surface area (Å²) in [5.41, 5.74) is 1.17. The SMILES string of the molecule is COC(C)=NSCC(OC)c1ccccc1. The van der Waals surface area contributed by atoms with Crippen LogP contribution < -0.4 is 0 Å². The predicted octanol–water partition coefficient (Wildman–Crippen LogP) is 3.09. The largest absolute Gasteiger partial charge is 0.484 e. The van der Waals surface area contributed by atoms with Gasteiger partial charge < -0.3 is 9.47 Å². The molecule has 1 atom stereocenters. The maximum atomic E-state index is 5.42. The number of rotatable bonds is 5. The molecule has 0 aromatic heterocycles. The molecule has 0 radical (unpaired) electrons. The second-order valence-corrected chi connectivity index (χ2v) is 4.02. The maximum Gasteiger partial charge on any atom is 0.191 e. The van der Waals surface area contributed by atoms with Crippen LogP contribution in [0.15, 0.2) is 34.7 Å². The third kappa shape index (κ3) is 4.24. The highest BCUT2D eigenvalue weighted by Crippen LogP contribution is 2.21. The minimum absolute atomic E-state index is 0.0691. The van der Waals surface area contributed by atoms with Gasteiger partial charge in [0.2, 0.25) is 0 Å². The third-order valence-electron chi connectivity index (χ3n) is 2.17. The van der Waals surface area contributed by atoms with Crippen molar-refractivity contribution in [2.45, 2.75) is 13.0 Å². The molecule has 0 saturated heterocycles. The van der Waals surface area contributed by atoms with Crippen molar-refractivity contribution in [3.63, 3.8) is 0 Å². The second kappa shape index (κ2) is 7.30. The molecule has 0 aliphatic heterocycles. The monoisotopic (exact) mass is 239 g/mol. The molecule has 1 unspecified atom stereocenters. The normalized spacial score (nSPS) is 13.6. The summed E-state index contributed by atoms with van der Waals surface area (Å²) in [4.78, 5) is 0. The van der Waals surface area contributed by atoms with Gasteiger partial charge in [0.05, 0.1) is 13.2 Å². The molecule has 0 fully saturated rings. The average molecular weight is 239 g/mol. The summed E-state index contributed by atoms with van der Waals surface area (Å²) in [6.07, 6.45) is 0.0691. The van der Waals surface area contributed by atoms with E-state index in [0.717, 1.165) is 5.75 Å². The zero-order chi connectivity index (χ0) is 11.8. The van der Waals surface area contributed by atoms with E-state index in [4.69, 9.17) is 9.47 Å². The molecular formula is C12H17NO2S. The molecule has 1 rings (SSSR count). The first-order valence-electron chi connectivity index (χ1n) is 5.06. The second-order valence-electron chi connectivity index (χ2n) is 3.25. The molecule has 3 nitrogen and oxygen atoms in total. The molecule has 1 aromatic carbocycles. The van der Waals surface area contributed by atoms with Crippen LogP contribution in [0.4, 0.5) is 0 Å². The van der Waals surface area contributed by atoms with Gasteiger partial charge in [0.25, 0.3) is 0 Å². The Morgan fingerprint density at radius 3 is 2.56 bits per heavy atom. The van der Waals surface area contributed by atoms with E-state index in [-0.39, 0.29) is 6.10 Å².